The summed E-state index contributed by atoms with van der Waals surface area (Å²) in [6, 6.07) is 6.46. The molecule has 0 bridgehead atoms. The van der Waals surface area contributed by atoms with Gasteiger partial charge < -0.3 is 20.4 Å². The van der Waals surface area contributed by atoms with Crippen molar-refractivity contribution in [2.45, 2.75) is 25.4 Å². The second kappa shape index (κ2) is 6.51. The number of nitrogens with one attached hydrogen (secondary N) is 1. The average Bonchev–Trinajstić information content (AvgIpc) is 3.01. The van der Waals surface area contributed by atoms with Gasteiger partial charge in [0, 0.05) is 37.0 Å². The van der Waals surface area contributed by atoms with E-state index in [1.54, 1.807) is 30.5 Å². The van der Waals surface area contributed by atoms with E-state index in [0.717, 1.165) is 25.2 Å². The van der Waals surface area contributed by atoms with Crippen LogP contribution in [0, 0.1) is 0 Å². The first-order valence-electron chi connectivity index (χ1n) is 7.44. The first-order chi connectivity index (χ1) is 11.1. The maximum absolute atomic E-state index is 12.0. The molecule has 0 aliphatic carbocycles. The van der Waals surface area contributed by atoms with Crippen LogP contribution >= 0.6 is 0 Å². The Bertz CT molecular complexity index is 708. The van der Waals surface area contributed by atoms with Gasteiger partial charge in [-0.25, -0.2) is 4.98 Å². The summed E-state index contributed by atoms with van der Waals surface area (Å²) in [5, 5.41) is 2.96. The van der Waals surface area contributed by atoms with Crippen molar-refractivity contribution in [2.24, 2.45) is 5.73 Å². The monoisotopic (exact) mass is 314 g/mol. The lowest BCUT2D eigenvalue weighted by molar-refractivity contribution is -0.124. The Balaban J connectivity index is 1.47. The minimum Gasteiger partial charge on any atom is -0.484 e. The maximum atomic E-state index is 12.0. The molecule has 7 nitrogen and oxygen atoms in total. The van der Waals surface area contributed by atoms with Gasteiger partial charge in [-0.1, -0.05) is 0 Å². The summed E-state index contributed by atoms with van der Waals surface area (Å²) in [6.07, 6.45) is 5.42. The van der Waals surface area contributed by atoms with Crippen molar-refractivity contribution in [3.63, 3.8) is 0 Å². The standard InChI is InChI=1S/C16H18N4O3/c17-16(22)11-1-4-13(5-2-11)23-10-15(21)19-12-3-6-14-18-7-8-20(14)9-12/h1-2,4-5,7-8,12H,3,6,9-10H2,(H2,17,22)(H,19,21). The highest BCUT2D eigenvalue weighted by molar-refractivity contribution is 5.92. The number of ether oxygens (including phenoxy) is 1. The average molecular weight is 314 g/mol. The highest BCUT2D eigenvalue weighted by Crippen LogP contribution is 2.14. The summed E-state index contributed by atoms with van der Waals surface area (Å²) in [4.78, 5) is 27.2. The summed E-state index contributed by atoms with van der Waals surface area (Å²) in [7, 11) is 0. The highest BCUT2D eigenvalue weighted by atomic mass is 16.5. The molecule has 3 rings (SSSR count). The zero-order valence-electron chi connectivity index (χ0n) is 12.6. The molecule has 2 heterocycles. The van der Waals surface area contributed by atoms with E-state index >= 15 is 0 Å². The third kappa shape index (κ3) is 3.68. The first kappa shape index (κ1) is 15.1. The number of aromatic nitrogens is 2. The van der Waals surface area contributed by atoms with Crippen LogP contribution in [0.4, 0.5) is 0 Å². The topological polar surface area (TPSA) is 99.2 Å². The second-order valence-electron chi connectivity index (χ2n) is 5.48. The minimum absolute atomic E-state index is 0.0663. The van der Waals surface area contributed by atoms with Gasteiger partial charge in [-0.05, 0) is 30.7 Å². The number of carbonyl (C=O) groups excluding carboxylic acids is 2. The predicted octanol–water partition coefficient (Wildman–Crippen LogP) is 0.492. The van der Waals surface area contributed by atoms with Crippen LogP contribution < -0.4 is 15.8 Å². The Morgan fingerprint density at radius 3 is 2.87 bits per heavy atom. The molecule has 2 amide bonds. The number of amides is 2. The Morgan fingerprint density at radius 1 is 1.35 bits per heavy atom. The molecule has 2 aromatic rings. The molecule has 0 saturated heterocycles. The van der Waals surface area contributed by atoms with Crippen LogP contribution in [0.25, 0.3) is 0 Å². The molecule has 1 aliphatic rings. The summed E-state index contributed by atoms with van der Waals surface area (Å²) in [5.41, 5.74) is 5.57. The van der Waals surface area contributed by atoms with Crippen LogP contribution in [0.15, 0.2) is 36.7 Å². The molecule has 1 unspecified atom stereocenters. The number of carbonyl (C=O) groups is 2. The Morgan fingerprint density at radius 2 is 2.13 bits per heavy atom. The van der Waals surface area contributed by atoms with Gasteiger partial charge in [0.15, 0.2) is 6.61 Å². The molecule has 7 heteroatoms. The number of hydrogen-bond acceptors (Lipinski definition) is 4. The van der Waals surface area contributed by atoms with Gasteiger partial charge in [0.1, 0.15) is 11.6 Å². The summed E-state index contributed by atoms with van der Waals surface area (Å²) in [6.45, 7) is 0.664. The lowest BCUT2D eigenvalue weighted by Crippen LogP contribution is -2.42. The third-order valence-electron chi connectivity index (χ3n) is 3.81. The van der Waals surface area contributed by atoms with Gasteiger partial charge in [0.2, 0.25) is 5.91 Å². The quantitative estimate of drug-likeness (QED) is 0.839. The number of imidazole rings is 1. The lowest BCUT2D eigenvalue weighted by atomic mass is 10.1. The van der Waals surface area contributed by atoms with Crippen molar-refractivity contribution in [1.82, 2.24) is 14.9 Å². The molecule has 1 aliphatic heterocycles. The minimum atomic E-state index is -0.495. The largest absolute Gasteiger partial charge is 0.484 e. The normalized spacial score (nSPS) is 16.4. The van der Waals surface area contributed by atoms with Crippen LogP contribution in [-0.4, -0.2) is 34.0 Å². The molecule has 1 aromatic carbocycles. The molecular weight excluding hydrogens is 296 g/mol. The van der Waals surface area contributed by atoms with Crippen LogP contribution in [0.5, 0.6) is 5.75 Å². The fourth-order valence-electron chi connectivity index (χ4n) is 2.62. The van der Waals surface area contributed by atoms with Gasteiger partial charge in [0.05, 0.1) is 0 Å². The molecular formula is C16H18N4O3. The number of benzene rings is 1. The number of aryl methyl sites for hydroxylation is 1. The SMILES string of the molecule is NC(=O)c1ccc(OCC(=O)NC2CCc3nccn3C2)cc1. The lowest BCUT2D eigenvalue weighted by Gasteiger charge is -2.24. The zero-order chi connectivity index (χ0) is 16.2. The number of fused-ring (bicyclic) bond motifs is 1. The number of nitrogens with two attached hydrogens (primary N) is 1. The van der Waals surface area contributed by atoms with Crippen molar-refractivity contribution in [3.05, 3.63) is 48.0 Å². The van der Waals surface area contributed by atoms with Crippen molar-refractivity contribution in [3.8, 4) is 5.75 Å². The van der Waals surface area contributed by atoms with Gasteiger partial charge in [0.25, 0.3) is 5.91 Å². The van der Waals surface area contributed by atoms with Crippen molar-refractivity contribution < 1.29 is 14.3 Å². The summed E-state index contributed by atoms with van der Waals surface area (Å²) >= 11 is 0. The van der Waals surface area contributed by atoms with Gasteiger partial charge >= 0.3 is 0 Å². The predicted molar refractivity (Wildman–Crippen MR) is 82.9 cm³/mol. The third-order valence-corrected chi connectivity index (χ3v) is 3.81. The Kier molecular flexibility index (Phi) is 4.27. The van der Waals surface area contributed by atoms with E-state index < -0.39 is 5.91 Å². The van der Waals surface area contributed by atoms with E-state index in [-0.39, 0.29) is 18.6 Å². The molecule has 0 saturated carbocycles. The fourth-order valence-corrected chi connectivity index (χ4v) is 2.62. The first-order valence-corrected chi connectivity index (χ1v) is 7.44. The second-order valence-corrected chi connectivity index (χ2v) is 5.48. The van der Waals surface area contributed by atoms with Crippen molar-refractivity contribution >= 4 is 11.8 Å². The molecule has 1 atom stereocenters. The molecule has 0 spiro atoms. The molecule has 3 N–H and O–H groups in total. The molecule has 0 radical (unpaired) electrons. The summed E-state index contributed by atoms with van der Waals surface area (Å²) in [5.74, 6) is 0.912. The smallest absolute Gasteiger partial charge is 0.258 e. The number of hydrogen-bond donors (Lipinski definition) is 2. The van der Waals surface area contributed by atoms with Gasteiger partial charge in [-0.2, -0.15) is 0 Å². The van der Waals surface area contributed by atoms with Crippen molar-refractivity contribution in [1.29, 1.82) is 0 Å². The van der Waals surface area contributed by atoms with E-state index in [4.69, 9.17) is 10.5 Å². The van der Waals surface area contributed by atoms with E-state index in [2.05, 4.69) is 14.9 Å². The van der Waals surface area contributed by atoms with E-state index in [0.29, 0.717) is 11.3 Å². The Hall–Kier alpha value is -2.83. The van der Waals surface area contributed by atoms with E-state index in [9.17, 15) is 9.59 Å². The van der Waals surface area contributed by atoms with E-state index in [1.807, 2.05) is 6.20 Å². The van der Waals surface area contributed by atoms with Crippen LogP contribution in [0.2, 0.25) is 0 Å². The summed E-state index contributed by atoms with van der Waals surface area (Å²) < 4.78 is 7.47. The highest BCUT2D eigenvalue weighted by Gasteiger charge is 2.20. The molecule has 1 aromatic heterocycles. The number of nitrogens with zero attached hydrogens (tertiary/aromatic N) is 2. The number of primary amides is 1. The maximum Gasteiger partial charge on any atom is 0.258 e. The van der Waals surface area contributed by atoms with Crippen LogP contribution in [0.1, 0.15) is 22.6 Å². The zero-order valence-corrected chi connectivity index (χ0v) is 12.6. The van der Waals surface area contributed by atoms with Crippen molar-refractivity contribution in [2.75, 3.05) is 6.61 Å². The molecule has 0 fully saturated rings. The van der Waals surface area contributed by atoms with Gasteiger partial charge in [-0.15, -0.1) is 0 Å². The molecule has 120 valence electrons. The number of rotatable bonds is 5. The van der Waals surface area contributed by atoms with Crippen LogP contribution in [-0.2, 0) is 17.8 Å². The fraction of sp³-hybridized carbons (Fsp3) is 0.312. The molecule has 23 heavy (non-hydrogen) atoms. The van der Waals surface area contributed by atoms with Crippen LogP contribution in [0.3, 0.4) is 0 Å². The Labute approximate surface area is 133 Å². The van der Waals surface area contributed by atoms with Gasteiger partial charge in [-0.3, -0.25) is 9.59 Å². The van der Waals surface area contributed by atoms with E-state index in [1.165, 1.54) is 0 Å².